The van der Waals surface area contributed by atoms with Crippen molar-refractivity contribution >= 4 is 17.5 Å². The first-order valence-electron chi connectivity index (χ1n) is 9.45. The fourth-order valence-electron chi connectivity index (χ4n) is 2.62. The minimum atomic E-state index is -0.267. The molecular formula is C22H28N2O4. The summed E-state index contributed by atoms with van der Waals surface area (Å²) in [6.07, 6.45) is 3.30. The number of amides is 2. The normalized spacial score (nSPS) is 10.2. The van der Waals surface area contributed by atoms with Gasteiger partial charge >= 0.3 is 0 Å². The van der Waals surface area contributed by atoms with Crippen LogP contribution in [-0.2, 0) is 4.79 Å². The number of anilines is 1. The second-order valence-corrected chi connectivity index (χ2v) is 6.52. The molecule has 0 fully saturated rings. The Morgan fingerprint density at radius 1 is 0.964 bits per heavy atom. The third-order valence-corrected chi connectivity index (χ3v) is 4.22. The lowest BCUT2D eigenvalue weighted by atomic mass is 10.2. The van der Waals surface area contributed by atoms with Gasteiger partial charge in [0.25, 0.3) is 5.91 Å². The van der Waals surface area contributed by atoms with Gasteiger partial charge in [0, 0.05) is 18.3 Å². The molecule has 150 valence electrons. The van der Waals surface area contributed by atoms with Crippen molar-refractivity contribution in [3.63, 3.8) is 0 Å². The number of carbonyl (C=O) groups excluding carboxylic acids is 2. The Labute approximate surface area is 166 Å². The molecule has 0 aromatic heterocycles. The average molecular weight is 384 g/mol. The highest BCUT2D eigenvalue weighted by Gasteiger charge is 2.15. The van der Waals surface area contributed by atoms with E-state index in [1.54, 1.807) is 62.7 Å². The van der Waals surface area contributed by atoms with Crippen molar-refractivity contribution in [2.45, 2.75) is 26.2 Å². The number of carbonyl (C=O) groups is 2. The first-order valence-corrected chi connectivity index (χ1v) is 9.45. The summed E-state index contributed by atoms with van der Waals surface area (Å²) in [5.74, 6) is 0.968. The van der Waals surface area contributed by atoms with E-state index in [1.807, 2.05) is 0 Å². The standard InChI is InChI=1S/C22H28N2O4/c1-4-5-6-15-28-20-11-7-17(8-12-20)22(26)24(2)16-21(25)23-18-9-13-19(27-3)14-10-18/h7-14H,4-6,15-16H2,1-3H3,(H,23,25). The number of ether oxygens (including phenoxy) is 2. The first-order chi connectivity index (χ1) is 13.5. The van der Waals surface area contributed by atoms with Crippen molar-refractivity contribution < 1.29 is 19.1 Å². The molecule has 0 unspecified atom stereocenters. The van der Waals surface area contributed by atoms with E-state index in [9.17, 15) is 9.59 Å². The third kappa shape index (κ3) is 6.61. The lowest BCUT2D eigenvalue weighted by molar-refractivity contribution is -0.116. The van der Waals surface area contributed by atoms with Crippen LogP contribution in [0.2, 0.25) is 0 Å². The fraction of sp³-hybridized carbons (Fsp3) is 0.364. The molecule has 6 nitrogen and oxygen atoms in total. The molecule has 0 saturated heterocycles. The molecule has 0 atom stereocenters. The Balaban J connectivity index is 1.84. The van der Waals surface area contributed by atoms with Gasteiger partial charge in [-0.2, -0.15) is 0 Å². The van der Waals surface area contributed by atoms with Crippen molar-refractivity contribution in [2.75, 3.05) is 32.6 Å². The minimum absolute atomic E-state index is 0.0415. The number of hydrogen-bond donors (Lipinski definition) is 1. The number of unbranched alkanes of at least 4 members (excludes halogenated alkanes) is 2. The largest absolute Gasteiger partial charge is 0.497 e. The van der Waals surface area contributed by atoms with E-state index < -0.39 is 0 Å². The van der Waals surface area contributed by atoms with Crippen LogP contribution < -0.4 is 14.8 Å². The summed E-state index contributed by atoms with van der Waals surface area (Å²) in [7, 11) is 3.18. The van der Waals surface area contributed by atoms with Crippen LogP contribution in [-0.4, -0.2) is 44.0 Å². The number of nitrogens with one attached hydrogen (secondary N) is 1. The molecule has 2 aromatic rings. The summed E-state index contributed by atoms with van der Waals surface area (Å²) >= 11 is 0. The van der Waals surface area contributed by atoms with Crippen LogP contribution in [0.15, 0.2) is 48.5 Å². The molecule has 2 rings (SSSR count). The molecule has 1 N–H and O–H groups in total. The van der Waals surface area contributed by atoms with E-state index in [1.165, 1.54) is 4.90 Å². The predicted octanol–water partition coefficient (Wildman–Crippen LogP) is 3.97. The van der Waals surface area contributed by atoms with Crippen LogP contribution in [0.4, 0.5) is 5.69 Å². The highest BCUT2D eigenvalue weighted by Crippen LogP contribution is 2.16. The van der Waals surface area contributed by atoms with Crippen LogP contribution in [0, 0.1) is 0 Å². The Morgan fingerprint density at radius 3 is 2.21 bits per heavy atom. The summed E-state index contributed by atoms with van der Waals surface area (Å²) in [5.41, 5.74) is 1.16. The van der Waals surface area contributed by atoms with E-state index in [4.69, 9.17) is 9.47 Å². The summed E-state index contributed by atoms with van der Waals surface area (Å²) in [5, 5.41) is 2.76. The van der Waals surface area contributed by atoms with Gasteiger partial charge in [0.2, 0.25) is 5.91 Å². The van der Waals surface area contributed by atoms with Crippen LogP contribution in [0.3, 0.4) is 0 Å². The first kappa shape index (κ1) is 21.3. The Morgan fingerprint density at radius 2 is 1.61 bits per heavy atom. The molecule has 0 spiro atoms. The molecule has 0 radical (unpaired) electrons. The Hall–Kier alpha value is -3.02. The molecule has 0 aliphatic heterocycles. The average Bonchev–Trinajstić information content (AvgIpc) is 2.71. The van der Waals surface area contributed by atoms with E-state index >= 15 is 0 Å². The van der Waals surface area contributed by atoms with Crippen molar-refractivity contribution in [3.05, 3.63) is 54.1 Å². The molecule has 0 saturated carbocycles. The fourth-order valence-corrected chi connectivity index (χ4v) is 2.62. The summed E-state index contributed by atoms with van der Waals surface area (Å²) in [4.78, 5) is 26.1. The lowest BCUT2D eigenvalue weighted by Gasteiger charge is -2.17. The van der Waals surface area contributed by atoms with E-state index in [0.29, 0.717) is 23.6 Å². The van der Waals surface area contributed by atoms with Crippen molar-refractivity contribution in [3.8, 4) is 11.5 Å². The smallest absolute Gasteiger partial charge is 0.254 e. The lowest BCUT2D eigenvalue weighted by Crippen LogP contribution is -2.34. The molecule has 0 aliphatic rings. The minimum Gasteiger partial charge on any atom is -0.497 e. The van der Waals surface area contributed by atoms with Gasteiger partial charge in [-0.1, -0.05) is 19.8 Å². The monoisotopic (exact) mass is 384 g/mol. The van der Waals surface area contributed by atoms with Crippen LogP contribution in [0.1, 0.15) is 36.5 Å². The summed E-state index contributed by atoms with van der Waals surface area (Å²) in [6.45, 7) is 2.78. The zero-order chi connectivity index (χ0) is 20.4. The third-order valence-electron chi connectivity index (χ3n) is 4.22. The zero-order valence-corrected chi connectivity index (χ0v) is 16.7. The second kappa shape index (κ2) is 11.0. The Kier molecular flexibility index (Phi) is 8.34. The van der Waals surface area contributed by atoms with Gasteiger partial charge in [-0.05, 0) is 55.0 Å². The van der Waals surface area contributed by atoms with Gasteiger partial charge in [0.15, 0.2) is 0 Å². The molecular weight excluding hydrogens is 356 g/mol. The maximum Gasteiger partial charge on any atom is 0.254 e. The zero-order valence-electron chi connectivity index (χ0n) is 16.7. The molecule has 0 aliphatic carbocycles. The summed E-state index contributed by atoms with van der Waals surface area (Å²) < 4.78 is 10.7. The maximum absolute atomic E-state index is 12.5. The maximum atomic E-state index is 12.5. The van der Waals surface area contributed by atoms with Gasteiger partial charge in [-0.15, -0.1) is 0 Å². The van der Waals surface area contributed by atoms with Gasteiger partial charge in [0.05, 0.1) is 20.3 Å². The second-order valence-electron chi connectivity index (χ2n) is 6.52. The number of methoxy groups -OCH3 is 1. The molecule has 2 amide bonds. The number of rotatable bonds is 10. The van der Waals surface area contributed by atoms with Gasteiger partial charge in [-0.3, -0.25) is 9.59 Å². The van der Waals surface area contributed by atoms with Gasteiger partial charge in [0.1, 0.15) is 11.5 Å². The molecule has 28 heavy (non-hydrogen) atoms. The highest BCUT2D eigenvalue weighted by atomic mass is 16.5. The van der Waals surface area contributed by atoms with E-state index in [2.05, 4.69) is 12.2 Å². The van der Waals surface area contributed by atoms with Crippen LogP contribution >= 0.6 is 0 Å². The van der Waals surface area contributed by atoms with Crippen LogP contribution in [0.25, 0.3) is 0 Å². The van der Waals surface area contributed by atoms with Crippen molar-refractivity contribution in [1.82, 2.24) is 4.90 Å². The number of nitrogens with zero attached hydrogens (tertiary/aromatic N) is 1. The number of benzene rings is 2. The van der Waals surface area contributed by atoms with E-state index in [0.717, 1.165) is 25.0 Å². The number of likely N-dealkylation sites (N-methyl/N-ethyl adjacent to an activating group) is 1. The van der Waals surface area contributed by atoms with Gasteiger partial charge < -0.3 is 19.7 Å². The number of hydrogen-bond acceptors (Lipinski definition) is 4. The molecule has 6 heteroatoms. The topological polar surface area (TPSA) is 67.9 Å². The highest BCUT2D eigenvalue weighted by molar-refractivity contribution is 5.99. The van der Waals surface area contributed by atoms with Crippen molar-refractivity contribution in [2.24, 2.45) is 0 Å². The molecule has 0 heterocycles. The van der Waals surface area contributed by atoms with Crippen LogP contribution in [0.5, 0.6) is 11.5 Å². The SMILES string of the molecule is CCCCCOc1ccc(C(=O)N(C)CC(=O)Nc2ccc(OC)cc2)cc1. The molecule has 2 aromatic carbocycles. The van der Waals surface area contributed by atoms with E-state index in [-0.39, 0.29) is 18.4 Å². The molecule has 0 bridgehead atoms. The predicted molar refractivity (Wildman–Crippen MR) is 110 cm³/mol. The summed E-state index contributed by atoms with van der Waals surface area (Å²) in [6, 6.07) is 14.0. The van der Waals surface area contributed by atoms with Gasteiger partial charge in [-0.25, -0.2) is 0 Å². The quantitative estimate of drug-likeness (QED) is 0.629. The van der Waals surface area contributed by atoms with Crippen molar-refractivity contribution in [1.29, 1.82) is 0 Å². The Bertz CT molecular complexity index is 757.